The number of nitrogens with one attached hydrogen (secondary N) is 1. The van der Waals surface area contributed by atoms with Crippen molar-refractivity contribution >= 4 is 28.4 Å². The van der Waals surface area contributed by atoms with Crippen molar-refractivity contribution in [1.82, 2.24) is 9.62 Å². The molecule has 1 saturated carbocycles. The van der Waals surface area contributed by atoms with E-state index in [9.17, 15) is 13.2 Å². The van der Waals surface area contributed by atoms with E-state index in [-0.39, 0.29) is 22.8 Å². The highest BCUT2D eigenvalue weighted by atomic mass is 32.2. The van der Waals surface area contributed by atoms with Crippen LogP contribution in [0.5, 0.6) is 5.75 Å². The van der Waals surface area contributed by atoms with Crippen LogP contribution in [0.1, 0.15) is 42.5 Å². The van der Waals surface area contributed by atoms with Crippen LogP contribution in [0, 0.1) is 5.92 Å². The summed E-state index contributed by atoms with van der Waals surface area (Å²) >= 11 is 4.28. The molecule has 2 fully saturated rings. The van der Waals surface area contributed by atoms with Crippen molar-refractivity contribution in [3.63, 3.8) is 0 Å². The van der Waals surface area contributed by atoms with Gasteiger partial charge in [-0.25, -0.2) is 8.42 Å². The zero-order chi connectivity index (χ0) is 21.8. The monoisotopic (exact) mass is 460 g/mol. The quantitative estimate of drug-likeness (QED) is 0.321. The highest BCUT2D eigenvalue weighted by Crippen LogP contribution is 2.33. The number of hydrogen-bond acceptors (Lipinski definition) is 6. The Morgan fingerprint density at radius 3 is 2.55 bits per heavy atom. The molecule has 1 aliphatic carbocycles. The Morgan fingerprint density at radius 2 is 1.84 bits per heavy atom. The molecule has 1 aliphatic heterocycles. The second-order valence-electron chi connectivity index (χ2n) is 8.15. The number of carbonyl (C=O) groups is 1. The Hall–Kier alpha value is -1.87. The van der Waals surface area contributed by atoms with Gasteiger partial charge in [-0.3, -0.25) is 9.69 Å². The van der Waals surface area contributed by atoms with Gasteiger partial charge in [0, 0.05) is 22.9 Å². The molecule has 0 bridgehead atoms. The lowest BCUT2D eigenvalue weighted by molar-refractivity contribution is 0.0967. The SMILES string of the molecule is O=C(c1ccc(OCCCN2CCCC2NS(=O)(=O)c2ccccc2S)cc1)C1CC1. The fraction of sp³-hybridized carbons (Fsp3) is 0.435. The summed E-state index contributed by atoms with van der Waals surface area (Å²) < 4.78 is 34.2. The zero-order valence-corrected chi connectivity index (χ0v) is 19.1. The molecule has 0 aromatic heterocycles. The van der Waals surface area contributed by atoms with Crippen LogP contribution in [0.25, 0.3) is 0 Å². The molecular formula is C23H28N2O4S2. The van der Waals surface area contributed by atoms with Gasteiger partial charge in [0.15, 0.2) is 5.78 Å². The number of sulfonamides is 1. The van der Waals surface area contributed by atoms with Gasteiger partial charge < -0.3 is 4.74 Å². The number of benzene rings is 2. The van der Waals surface area contributed by atoms with Crippen LogP contribution in [0.4, 0.5) is 0 Å². The van der Waals surface area contributed by atoms with Crippen molar-refractivity contribution in [2.24, 2.45) is 5.92 Å². The number of rotatable bonds is 10. The number of ether oxygens (including phenoxy) is 1. The predicted octanol–water partition coefficient (Wildman–Crippen LogP) is 3.74. The van der Waals surface area contributed by atoms with Crippen LogP contribution in [-0.2, 0) is 10.0 Å². The maximum Gasteiger partial charge on any atom is 0.243 e. The first-order chi connectivity index (χ1) is 14.9. The largest absolute Gasteiger partial charge is 0.494 e. The normalized spacial score (nSPS) is 19.5. The third kappa shape index (κ3) is 5.68. The van der Waals surface area contributed by atoms with Crippen LogP contribution in [0.3, 0.4) is 0 Å². The van der Waals surface area contributed by atoms with E-state index in [2.05, 4.69) is 22.3 Å². The first-order valence-electron chi connectivity index (χ1n) is 10.8. The van der Waals surface area contributed by atoms with Crippen LogP contribution in [0.2, 0.25) is 0 Å². The number of nitrogens with zero attached hydrogens (tertiary/aromatic N) is 1. The van der Waals surface area contributed by atoms with Gasteiger partial charge in [0.05, 0.1) is 17.7 Å². The molecule has 1 heterocycles. The zero-order valence-electron chi connectivity index (χ0n) is 17.4. The maximum atomic E-state index is 12.8. The standard InChI is InChI=1S/C23H28N2O4S2/c26-23(17-8-9-17)18-10-12-19(13-11-18)29-16-4-15-25-14-3-7-22(25)24-31(27,28)21-6-2-1-5-20(21)30/h1-2,5-6,10-13,17,22,24,30H,3-4,7-9,14-16H2. The van der Waals surface area contributed by atoms with Gasteiger partial charge in [-0.2, -0.15) is 4.72 Å². The fourth-order valence-corrected chi connectivity index (χ4v) is 5.78. The van der Waals surface area contributed by atoms with E-state index in [1.807, 2.05) is 24.3 Å². The van der Waals surface area contributed by atoms with Crippen molar-refractivity contribution in [3.8, 4) is 5.75 Å². The number of likely N-dealkylation sites (tertiary alicyclic amines) is 1. The first kappa shape index (κ1) is 22.3. The smallest absolute Gasteiger partial charge is 0.243 e. The Balaban J connectivity index is 1.25. The summed E-state index contributed by atoms with van der Waals surface area (Å²) in [4.78, 5) is 14.9. The molecule has 1 saturated heterocycles. The third-order valence-electron chi connectivity index (χ3n) is 5.75. The molecule has 2 aromatic carbocycles. The van der Waals surface area contributed by atoms with Gasteiger partial charge in [-0.1, -0.05) is 12.1 Å². The summed E-state index contributed by atoms with van der Waals surface area (Å²) in [5.41, 5.74) is 0.754. The van der Waals surface area contributed by atoms with Gasteiger partial charge in [-0.05, 0) is 75.0 Å². The van der Waals surface area contributed by atoms with E-state index in [1.165, 1.54) is 0 Å². The minimum absolute atomic E-state index is 0.206. The summed E-state index contributed by atoms with van der Waals surface area (Å²) in [6.45, 7) is 2.13. The van der Waals surface area contributed by atoms with E-state index >= 15 is 0 Å². The minimum Gasteiger partial charge on any atom is -0.494 e. The van der Waals surface area contributed by atoms with E-state index in [4.69, 9.17) is 4.74 Å². The lowest BCUT2D eigenvalue weighted by Crippen LogP contribution is -2.44. The lowest BCUT2D eigenvalue weighted by Gasteiger charge is -2.25. The molecule has 1 unspecified atom stereocenters. The second kappa shape index (κ2) is 9.73. The average Bonchev–Trinajstić information content (AvgIpc) is 3.52. The summed E-state index contributed by atoms with van der Waals surface area (Å²) in [5.74, 6) is 1.20. The van der Waals surface area contributed by atoms with Gasteiger partial charge in [0.2, 0.25) is 10.0 Å². The van der Waals surface area contributed by atoms with Crippen molar-refractivity contribution in [3.05, 3.63) is 54.1 Å². The summed E-state index contributed by atoms with van der Waals surface area (Å²) in [7, 11) is -3.62. The molecule has 31 heavy (non-hydrogen) atoms. The van der Waals surface area contributed by atoms with Crippen LogP contribution in [-0.4, -0.2) is 45.0 Å². The molecule has 8 heteroatoms. The van der Waals surface area contributed by atoms with Crippen LogP contribution < -0.4 is 9.46 Å². The molecule has 6 nitrogen and oxygen atoms in total. The van der Waals surface area contributed by atoms with E-state index in [1.54, 1.807) is 24.3 Å². The molecule has 166 valence electrons. The molecule has 4 rings (SSSR count). The molecule has 2 aromatic rings. The maximum absolute atomic E-state index is 12.8. The Kier molecular flexibility index (Phi) is 7.01. The summed E-state index contributed by atoms with van der Waals surface area (Å²) in [5, 5.41) is 0. The first-order valence-corrected chi connectivity index (χ1v) is 12.7. The molecule has 2 aliphatic rings. The van der Waals surface area contributed by atoms with Gasteiger partial charge in [0.1, 0.15) is 5.75 Å². The fourth-order valence-electron chi connectivity index (χ4n) is 3.91. The Morgan fingerprint density at radius 1 is 1.10 bits per heavy atom. The van der Waals surface area contributed by atoms with Gasteiger partial charge >= 0.3 is 0 Å². The predicted molar refractivity (Wildman–Crippen MR) is 122 cm³/mol. The van der Waals surface area contributed by atoms with Gasteiger partial charge in [0.25, 0.3) is 0 Å². The van der Waals surface area contributed by atoms with E-state index in [0.717, 1.165) is 56.5 Å². The molecule has 0 amide bonds. The molecular weight excluding hydrogens is 432 g/mol. The third-order valence-corrected chi connectivity index (χ3v) is 7.81. The lowest BCUT2D eigenvalue weighted by atomic mass is 10.1. The highest BCUT2D eigenvalue weighted by molar-refractivity contribution is 7.90. The molecule has 1 atom stereocenters. The topological polar surface area (TPSA) is 75.7 Å². The highest BCUT2D eigenvalue weighted by Gasteiger charge is 2.31. The number of carbonyl (C=O) groups excluding carboxylic acids is 1. The van der Waals surface area contributed by atoms with E-state index in [0.29, 0.717) is 11.5 Å². The number of Topliss-reactive ketones (excluding diaryl/α,β-unsaturated/α-hetero) is 1. The van der Waals surface area contributed by atoms with Crippen LogP contribution >= 0.6 is 12.6 Å². The van der Waals surface area contributed by atoms with Crippen molar-refractivity contribution in [2.45, 2.75) is 48.1 Å². The minimum atomic E-state index is -3.62. The number of ketones is 1. The van der Waals surface area contributed by atoms with E-state index < -0.39 is 10.0 Å². The van der Waals surface area contributed by atoms with Crippen molar-refractivity contribution in [1.29, 1.82) is 0 Å². The Labute approximate surface area is 189 Å². The van der Waals surface area contributed by atoms with Gasteiger partial charge in [-0.15, -0.1) is 12.6 Å². The molecule has 0 spiro atoms. The average molecular weight is 461 g/mol. The van der Waals surface area contributed by atoms with Crippen molar-refractivity contribution in [2.75, 3.05) is 19.7 Å². The molecule has 1 N–H and O–H groups in total. The summed E-state index contributed by atoms with van der Waals surface area (Å²) in [6.07, 6.45) is 4.31. The summed E-state index contributed by atoms with van der Waals surface area (Å²) in [6, 6.07) is 14.1. The number of thiol groups is 1. The second-order valence-corrected chi connectivity index (χ2v) is 10.3. The van der Waals surface area contributed by atoms with Crippen LogP contribution in [0.15, 0.2) is 58.3 Å². The molecule has 0 radical (unpaired) electrons. The van der Waals surface area contributed by atoms with Crippen molar-refractivity contribution < 1.29 is 17.9 Å². The Bertz CT molecular complexity index is 1020. The number of hydrogen-bond donors (Lipinski definition) is 2.